The molecule has 0 spiro atoms. The van der Waals surface area contributed by atoms with Gasteiger partial charge in [0.15, 0.2) is 0 Å². The number of carbonyl (C=O) groups excluding carboxylic acids is 1. The molecule has 2 fully saturated rings. The van der Waals surface area contributed by atoms with E-state index >= 15 is 0 Å². The number of rotatable bonds is 10. The molecule has 31 heavy (non-hydrogen) atoms. The number of unbranched alkanes of at least 4 members (excludes halogenated alkanes) is 1. The Morgan fingerprint density at radius 1 is 0.806 bits per heavy atom. The Morgan fingerprint density at radius 3 is 2.13 bits per heavy atom. The number of nitrogens with zero attached hydrogens (tertiary/aromatic N) is 2. The van der Waals surface area contributed by atoms with Crippen molar-refractivity contribution in [3.63, 3.8) is 0 Å². The van der Waals surface area contributed by atoms with Crippen LogP contribution in [0.4, 0.5) is 0 Å². The Bertz CT molecular complexity index is 803. The average molecular weight is 423 g/mol. The summed E-state index contributed by atoms with van der Waals surface area (Å²) in [5.74, 6) is 1.88. The molecule has 2 aromatic rings. The van der Waals surface area contributed by atoms with Crippen molar-refractivity contribution in [1.82, 2.24) is 9.80 Å². The second kappa shape index (κ2) is 11.2. The maximum absolute atomic E-state index is 13.0. The Labute approximate surface area is 185 Å². The zero-order valence-electron chi connectivity index (χ0n) is 18.4. The predicted octanol–water partition coefficient (Wildman–Crippen LogP) is 4.63. The van der Waals surface area contributed by atoms with Crippen molar-refractivity contribution >= 4 is 5.91 Å². The van der Waals surface area contributed by atoms with Gasteiger partial charge in [0.2, 0.25) is 0 Å². The zero-order chi connectivity index (χ0) is 21.3. The first-order valence-electron chi connectivity index (χ1n) is 11.7. The van der Waals surface area contributed by atoms with Gasteiger partial charge in [-0.15, -0.1) is 0 Å². The molecule has 2 aliphatic heterocycles. The fourth-order valence-electron chi connectivity index (χ4n) is 4.52. The molecule has 166 valence electrons. The molecule has 5 nitrogen and oxygen atoms in total. The van der Waals surface area contributed by atoms with Crippen LogP contribution in [-0.2, 0) is 0 Å². The van der Waals surface area contributed by atoms with Crippen LogP contribution in [-0.4, -0.2) is 61.1 Å². The van der Waals surface area contributed by atoms with Crippen molar-refractivity contribution in [2.24, 2.45) is 0 Å². The summed E-state index contributed by atoms with van der Waals surface area (Å²) >= 11 is 0. The van der Waals surface area contributed by atoms with Crippen LogP contribution in [0.25, 0.3) is 0 Å². The Hall–Kier alpha value is -2.53. The van der Waals surface area contributed by atoms with E-state index in [9.17, 15) is 4.79 Å². The maximum atomic E-state index is 13.0. The van der Waals surface area contributed by atoms with Crippen molar-refractivity contribution in [2.45, 2.75) is 44.6 Å². The number of ether oxygens (including phenoxy) is 2. The first-order chi connectivity index (χ1) is 15.3. The van der Waals surface area contributed by atoms with E-state index in [2.05, 4.69) is 9.80 Å². The van der Waals surface area contributed by atoms with Crippen molar-refractivity contribution in [3.05, 3.63) is 60.2 Å². The molecule has 0 radical (unpaired) electrons. The van der Waals surface area contributed by atoms with Crippen LogP contribution in [0.1, 0.15) is 48.9 Å². The van der Waals surface area contributed by atoms with Crippen molar-refractivity contribution in [3.8, 4) is 11.5 Å². The molecule has 2 aromatic carbocycles. The molecular weight excluding hydrogens is 388 g/mol. The van der Waals surface area contributed by atoms with Gasteiger partial charge in [0, 0.05) is 24.7 Å². The Balaban J connectivity index is 1.18. The molecule has 1 amide bonds. The highest BCUT2D eigenvalue weighted by molar-refractivity contribution is 5.94. The van der Waals surface area contributed by atoms with Crippen molar-refractivity contribution < 1.29 is 14.3 Å². The molecule has 4 rings (SSSR count). The third kappa shape index (κ3) is 6.23. The second-order valence-electron chi connectivity index (χ2n) is 8.54. The average Bonchev–Trinajstić information content (AvgIpc) is 3.49. The summed E-state index contributed by atoms with van der Waals surface area (Å²) in [5.41, 5.74) is 0.761. The van der Waals surface area contributed by atoms with Crippen LogP contribution < -0.4 is 9.47 Å². The summed E-state index contributed by atoms with van der Waals surface area (Å²) in [6.45, 7) is 5.61. The fraction of sp³-hybridized carbons (Fsp3) is 0.500. The first kappa shape index (κ1) is 21.7. The third-order valence-corrected chi connectivity index (χ3v) is 6.23. The molecule has 0 saturated carbocycles. The van der Waals surface area contributed by atoms with Crippen molar-refractivity contribution in [1.29, 1.82) is 0 Å². The molecule has 0 unspecified atom stereocenters. The van der Waals surface area contributed by atoms with Crippen LogP contribution in [0.15, 0.2) is 54.6 Å². The number of para-hydroxylation sites is 1. The fourth-order valence-corrected chi connectivity index (χ4v) is 4.52. The monoisotopic (exact) mass is 422 g/mol. The predicted molar refractivity (Wildman–Crippen MR) is 123 cm³/mol. The molecule has 0 N–H and O–H groups in total. The number of hydrogen-bond donors (Lipinski definition) is 0. The largest absolute Gasteiger partial charge is 0.494 e. The minimum absolute atomic E-state index is 0.159. The van der Waals surface area contributed by atoms with Gasteiger partial charge in [0.25, 0.3) is 5.91 Å². The van der Waals surface area contributed by atoms with Crippen LogP contribution >= 0.6 is 0 Å². The van der Waals surface area contributed by atoms with Gasteiger partial charge in [-0.2, -0.15) is 0 Å². The molecular formula is C26H34N2O3. The normalized spacial score (nSPS) is 19.0. The number of likely N-dealkylation sites (tertiary alicyclic amines) is 2. The van der Waals surface area contributed by atoms with Crippen LogP contribution in [0, 0.1) is 0 Å². The standard InChI is InChI=1S/C26H34N2O3/c29-26(28-18-8-9-23(28)21-27-16-4-5-17-27)22-12-14-25(15-13-22)31-20-7-6-19-30-24-10-2-1-3-11-24/h1-3,10-15,23H,4-9,16-21H2/t23-/m0/s1. The van der Waals surface area contributed by atoms with Gasteiger partial charge in [-0.25, -0.2) is 0 Å². The molecule has 2 aliphatic rings. The summed E-state index contributed by atoms with van der Waals surface area (Å²) < 4.78 is 11.5. The van der Waals surface area contributed by atoms with Gasteiger partial charge in [-0.1, -0.05) is 18.2 Å². The van der Waals surface area contributed by atoms with Crippen LogP contribution in [0.3, 0.4) is 0 Å². The first-order valence-corrected chi connectivity index (χ1v) is 11.7. The minimum atomic E-state index is 0.159. The number of carbonyl (C=O) groups is 1. The van der Waals surface area contributed by atoms with E-state index in [-0.39, 0.29) is 5.91 Å². The number of hydrogen-bond acceptors (Lipinski definition) is 4. The van der Waals surface area contributed by atoms with Gasteiger partial charge in [-0.3, -0.25) is 4.79 Å². The molecule has 0 aliphatic carbocycles. The van der Waals surface area contributed by atoms with Gasteiger partial charge in [-0.05, 0) is 88.0 Å². The molecule has 0 aromatic heterocycles. The highest BCUT2D eigenvalue weighted by atomic mass is 16.5. The lowest BCUT2D eigenvalue weighted by Gasteiger charge is -2.28. The smallest absolute Gasteiger partial charge is 0.254 e. The van der Waals surface area contributed by atoms with E-state index < -0.39 is 0 Å². The van der Waals surface area contributed by atoms with E-state index in [1.165, 1.54) is 25.9 Å². The Morgan fingerprint density at radius 2 is 1.45 bits per heavy atom. The van der Waals surface area contributed by atoms with Gasteiger partial charge < -0.3 is 19.3 Å². The summed E-state index contributed by atoms with van der Waals surface area (Å²) in [5, 5.41) is 0. The third-order valence-electron chi connectivity index (χ3n) is 6.23. The van der Waals surface area contributed by atoms with Crippen molar-refractivity contribution in [2.75, 3.05) is 39.4 Å². The second-order valence-corrected chi connectivity index (χ2v) is 8.54. The van der Waals surface area contributed by atoms with E-state index in [0.29, 0.717) is 19.3 Å². The minimum Gasteiger partial charge on any atom is -0.494 e. The summed E-state index contributed by atoms with van der Waals surface area (Å²) in [7, 11) is 0. The number of amides is 1. The van der Waals surface area contributed by atoms with Gasteiger partial charge in [0.1, 0.15) is 11.5 Å². The van der Waals surface area contributed by atoms with E-state index in [1.54, 1.807) is 0 Å². The maximum Gasteiger partial charge on any atom is 0.254 e. The zero-order valence-corrected chi connectivity index (χ0v) is 18.4. The molecule has 2 saturated heterocycles. The van der Waals surface area contributed by atoms with Gasteiger partial charge in [0.05, 0.1) is 13.2 Å². The SMILES string of the molecule is O=C(c1ccc(OCCCCOc2ccccc2)cc1)N1CCC[C@H]1CN1CCCC1. The van der Waals surface area contributed by atoms with E-state index in [4.69, 9.17) is 9.47 Å². The van der Waals surface area contributed by atoms with Crippen LogP contribution in [0.2, 0.25) is 0 Å². The molecule has 2 heterocycles. The van der Waals surface area contributed by atoms with Crippen LogP contribution in [0.5, 0.6) is 11.5 Å². The topological polar surface area (TPSA) is 42.0 Å². The lowest BCUT2D eigenvalue weighted by Crippen LogP contribution is -2.42. The molecule has 1 atom stereocenters. The highest BCUT2D eigenvalue weighted by Gasteiger charge is 2.31. The molecule has 0 bridgehead atoms. The lowest BCUT2D eigenvalue weighted by atomic mass is 10.1. The van der Waals surface area contributed by atoms with E-state index in [1.807, 2.05) is 54.6 Å². The lowest BCUT2D eigenvalue weighted by molar-refractivity contribution is 0.0708. The Kier molecular flexibility index (Phi) is 7.83. The molecule has 5 heteroatoms. The van der Waals surface area contributed by atoms with E-state index in [0.717, 1.165) is 55.8 Å². The summed E-state index contributed by atoms with van der Waals surface area (Å²) in [6.07, 6.45) is 6.69. The summed E-state index contributed by atoms with van der Waals surface area (Å²) in [6, 6.07) is 17.9. The highest BCUT2D eigenvalue weighted by Crippen LogP contribution is 2.23. The summed E-state index contributed by atoms with van der Waals surface area (Å²) in [4.78, 5) is 17.6. The quantitative estimate of drug-likeness (QED) is 0.524. The number of benzene rings is 2. The van der Waals surface area contributed by atoms with Gasteiger partial charge >= 0.3 is 0 Å².